The Balaban J connectivity index is 1.46. The quantitative estimate of drug-likeness (QED) is 0.300. The molecule has 0 fully saturated rings. The van der Waals surface area contributed by atoms with Gasteiger partial charge in [0.15, 0.2) is 0 Å². The van der Waals surface area contributed by atoms with E-state index in [1.165, 1.54) is 0 Å². The van der Waals surface area contributed by atoms with Gasteiger partial charge in [0.25, 0.3) is 5.91 Å². The van der Waals surface area contributed by atoms with Gasteiger partial charge in [-0.25, -0.2) is 4.98 Å². The summed E-state index contributed by atoms with van der Waals surface area (Å²) in [7, 11) is 0. The molecule has 0 unspecified atom stereocenters. The molecule has 5 aromatic rings. The van der Waals surface area contributed by atoms with Gasteiger partial charge in [-0.15, -0.1) is 0 Å². The van der Waals surface area contributed by atoms with Crippen molar-refractivity contribution in [2.75, 3.05) is 5.32 Å². The summed E-state index contributed by atoms with van der Waals surface area (Å²) in [6.45, 7) is 5.62. The first kappa shape index (κ1) is 23.0. The summed E-state index contributed by atoms with van der Waals surface area (Å²) in [6.07, 6.45) is 5.27. The van der Waals surface area contributed by atoms with E-state index in [0.29, 0.717) is 16.9 Å². The highest BCUT2D eigenvalue weighted by Gasteiger charge is 2.22. The van der Waals surface area contributed by atoms with Gasteiger partial charge in [-0.3, -0.25) is 9.78 Å². The molecule has 36 heavy (non-hydrogen) atoms. The highest BCUT2D eigenvalue weighted by atomic mass is 16.1. The molecule has 2 aromatic carbocycles. The smallest absolute Gasteiger partial charge is 0.255 e. The van der Waals surface area contributed by atoms with Gasteiger partial charge in [-0.1, -0.05) is 24.3 Å². The number of benzene rings is 2. The summed E-state index contributed by atoms with van der Waals surface area (Å²) >= 11 is 0. The lowest BCUT2D eigenvalue weighted by molar-refractivity contribution is 0.102. The van der Waals surface area contributed by atoms with Crippen LogP contribution in [0, 0.1) is 18.3 Å². The third-order valence-electron chi connectivity index (χ3n) is 6.38. The molecule has 2 N–H and O–H groups in total. The molecule has 0 spiro atoms. The van der Waals surface area contributed by atoms with Crippen LogP contribution in [0.5, 0.6) is 0 Å². The number of pyridine rings is 2. The number of anilines is 1. The van der Waals surface area contributed by atoms with Gasteiger partial charge in [-0.05, 0) is 91.1 Å². The third-order valence-corrected chi connectivity index (χ3v) is 6.38. The second kappa shape index (κ2) is 9.12. The molecule has 0 bridgehead atoms. The predicted octanol–water partition coefficient (Wildman–Crippen LogP) is 6.65. The van der Waals surface area contributed by atoms with E-state index in [-0.39, 0.29) is 5.91 Å². The number of rotatable bonds is 5. The first-order valence-corrected chi connectivity index (χ1v) is 11.7. The minimum absolute atomic E-state index is 0.248. The van der Waals surface area contributed by atoms with Crippen molar-refractivity contribution in [1.29, 1.82) is 5.26 Å². The number of nitrogens with zero attached hydrogens (tertiary/aromatic N) is 3. The second-order valence-electron chi connectivity index (χ2n) is 9.33. The Morgan fingerprint density at radius 2 is 1.72 bits per heavy atom. The van der Waals surface area contributed by atoms with Crippen LogP contribution in [0.25, 0.3) is 33.3 Å². The van der Waals surface area contributed by atoms with E-state index in [2.05, 4.69) is 51.5 Å². The van der Waals surface area contributed by atoms with E-state index in [0.717, 1.165) is 38.9 Å². The zero-order valence-corrected chi connectivity index (χ0v) is 20.3. The average Bonchev–Trinajstić information content (AvgIpc) is 3.39. The van der Waals surface area contributed by atoms with Gasteiger partial charge < -0.3 is 10.3 Å². The van der Waals surface area contributed by atoms with Crippen molar-refractivity contribution < 1.29 is 4.79 Å². The number of hydrogen-bond donors (Lipinski definition) is 2. The van der Waals surface area contributed by atoms with Crippen LogP contribution < -0.4 is 5.32 Å². The molecule has 176 valence electrons. The van der Waals surface area contributed by atoms with E-state index in [1.54, 1.807) is 32.2 Å². The van der Waals surface area contributed by atoms with Crippen molar-refractivity contribution >= 4 is 22.6 Å². The molecule has 5 rings (SSSR count). The van der Waals surface area contributed by atoms with Gasteiger partial charge in [0, 0.05) is 35.2 Å². The SMILES string of the molecule is Cc1ccc(NC(=O)c2ccnc(C(C)(C)C#N)c2)cc1-c1cccc(-c2ccnc3[nH]ccc23)c1. The molecule has 0 radical (unpaired) electrons. The molecule has 0 atom stereocenters. The number of carbonyl (C=O) groups is 1. The molecule has 6 heteroatoms. The summed E-state index contributed by atoms with van der Waals surface area (Å²) in [5, 5.41) is 13.5. The Morgan fingerprint density at radius 3 is 2.53 bits per heavy atom. The minimum atomic E-state index is -0.779. The fourth-order valence-electron chi connectivity index (χ4n) is 4.25. The Hall–Kier alpha value is -4.76. The predicted molar refractivity (Wildman–Crippen MR) is 143 cm³/mol. The Morgan fingerprint density at radius 1 is 0.944 bits per heavy atom. The number of fused-ring (bicyclic) bond motifs is 1. The molecular weight excluding hydrogens is 446 g/mol. The summed E-state index contributed by atoms with van der Waals surface area (Å²) in [6, 6.07) is 23.9. The Labute approximate surface area is 209 Å². The minimum Gasteiger partial charge on any atom is -0.346 e. The number of nitrogens with one attached hydrogen (secondary N) is 2. The highest BCUT2D eigenvalue weighted by Crippen LogP contribution is 2.33. The van der Waals surface area contributed by atoms with E-state index < -0.39 is 5.41 Å². The van der Waals surface area contributed by atoms with Crippen molar-refractivity contribution in [3.05, 3.63) is 102 Å². The topological polar surface area (TPSA) is 94.5 Å². The number of aromatic amines is 1. The standard InChI is InChI=1S/C30H25N5O/c1-19-7-8-23(35-29(36)22-9-12-32-27(16-22)30(2,3)18-31)17-26(19)21-6-4-5-20(15-21)24-10-13-33-28-25(24)11-14-34-28/h4-17H,1-3H3,(H,33,34)(H,35,36). The summed E-state index contributed by atoms with van der Waals surface area (Å²) in [4.78, 5) is 24.9. The highest BCUT2D eigenvalue weighted by molar-refractivity contribution is 6.04. The lowest BCUT2D eigenvalue weighted by Gasteiger charge is -2.15. The number of aromatic nitrogens is 3. The molecule has 0 saturated carbocycles. The van der Waals surface area contributed by atoms with Crippen LogP contribution >= 0.6 is 0 Å². The normalized spacial score (nSPS) is 11.3. The van der Waals surface area contributed by atoms with Gasteiger partial charge in [-0.2, -0.15) is 5.26 Å². The Kier molecular flexibility index (Phi) is 5.83. The maximum absolute atomic E-state index is 13.0. The number of nitriles is 1. The summed E-state index contributed by atoms with van der Waals surface area (Å²) in [5.74, 6) is -0.248. The van der Waals surface area contributed by atoms with Gasteiger partial charge >= 0.3 is 0 Å². The van der Waals surface area contributed by atoms with E-state index >= 15 is 0 Å². The molecule has 1 amide bonds. The molecular formula is C30H25N5O. The van der Waals surface area contributed by atoms with Crippen molar-refractivity contribution in [3.63, 3.8) is 0 Å². The van der Waals surface area contributed by atoms with Crippen molar-refractivity contribution in [2.24, 2.45) is 0 Å². The summed E-state index contributed by atoms with van der Waals surface area (Å²) in [5.41, 5.74) is 7.20. The van der Waals surface area contributed by atoms with Crippen molar-refractivity contribution in [1.82, 2.24) is 15.0 Å². The zero-order chi connectivity index (χ0) is 25.3. The average molecular weight is 472 g/mol. The third kappa shape index (κ3) is 4.35. The molecule has 3 heterocycles. The molecule has 0 saturated heterocycles. The maximum Gasteiger partial charge on any atom is 0.255 e. The van der Waals surface area contributed by atoms with Crippen LogP contribution in [0.15, 0.2) is 85.3 Å². The van der Waals surface area contributed by atoms with Crippen LogP contribution in [0.4, 0.5) is 5.69 Å². The number of carbonyl (C=O) groups excluding carboxylic acids is 1. The molecule has 6 nitrogen and oxygen atoms in total. The first-order chi connectivity index (χ1) is 17.4. The van der Waals surface area contributed by atoms with Crippen LogP contribution in [0.2, 0.25) is 0 Å². The largest absolute Gasteiger partial charge is 0.346 e. The number of aryl methyl sites for hydroxylation is 1. The molecule has 0 aliphatic carbocycles. The van der Waals surface area contributed by atoms with Gasteiger partial charge in [0.05, 0.1) is 17.2 Å². The molecule has 0 aliphatic heterocycles. The number of H-pyrrole nitrogens is 1. The fourth-order valence-corrected chi connectivity index (χ4v) is 4.25. The monoisotopic (exact) mass is 471 g/mol. The van der Waals surface area contributed by atoms with Gasteiger partial charge in [0.2, 0.25) is 0 Å². The van der Waals surface area contributed by atoms with E-state index in [1.807, 2.05) is 48.8 Å². The van der Waals surface area contributed by atoms with Crippen LogP contribution in [0.1, 0.15) is 35.5 Å². The molecule has 3 aromatic heterocycles. The van der Waals surface area contributed by atoms with Crippen LogP contribution in [0.3, 0.4) is 0 Å². The lowest BCUT2D eigenvalue weighted by atomic mass is 9.90. The summed E-state index contributed by atoms with van der Waals surface area (Å²) < 4.78 is 0. The lowest BCUT2D eigenvalue weighted by Crippen LogP contribution is -2.18. The Bertz CT molecular complexity index is 1640. The van der Waals surface area contributed by atoms with Crippen LogP contribution in [-0.4, -0.2) is 20.9 Å². The second-order valence-corrected chi connectivity index (χ2v) is 9.33. The van der Waals surface area contributed by atoms with Crippen molar-refractivity contribution in [3.8, 4) is 28.3 Å². The zero-order valence-electron chi connectivity index (χ0n) is 20.3. The van der Waals surface area contributed by atoms with Crippen LogP contribution in [-0.2, 0) is 5.41 Å². The van der Waals surface area contributed by atoms with E-state index in [4.69, 9.17) is 0 Å². The molecule has 0 aliphatic rings. The van der Waals surface area contributed by atoms with E-state index in [9.17, 15) is 10.1 Å². The number of amides is 1. The fraction of sp³-hybridized carbons (Fsp3) is 0.133. The van der Waals surface area contributed by atoms with Crippen molar-refractivity contribution in [2.45, 2.75) is 26.2 Å². The first-order valence-electron chi connectivity index (χ1n) is 11.7. The number of hydrogen-bond acceptors (Lipinski definition) is 4. The maximum atomic E-state index is 13.0. The van der Waals surface area contributed by atoms with Gasteiger partial charge in [0.1, 0.15) is 5.65 Å².